The Morgan fingerprint density at radius 3 is 2.41 bits per heavy atom. The van der Waals surface area contributed by atoms with Crippen LogP contribution in [0, 0.1) is 18.8 Å². The molecule has 39 heavy (non-hydrogen) atoms. The van der Waals surface area contributed by atoms with Gasteiger partial charge < -0.3 is 10.2 Å². The number of halogens is 2. The van der Waals surface area contributed by atoms with Gasteiger partial charge in [-0.25, -0.2) is 0 Å². The van der Waals surface area contributed by atoms with E-state index in [9.17, 15) is 4.79 Å². The summed E-state index contributed by atoms with van der Waals surface area (Å²) in [5.41, 5.74) is 7.19. The number of hydrogen-bond acceptors (Lipinski definition) is 3. The highest BCUT2D eigenvalue weighted by molar-refractivity contribution is 6.34. The minimum atomic E-state index is 0. The number of hydrogen-bond donors (Lipinski definition) is 1. The normalized spacial score (nSPS) is 17.1. The molecule has 3 aromatic carbocycles. The summed E-state index contributed by atoms with van der Waals surface area (Å²) in [6.07, 6.45) is 6.94. The number of nitrogens with zero attached hydrogens (tertiary/aromatic N) is 1. The number of carbonyl (C=O) groups is 1. The Hall–Kier alpha value is -2.17. The number of carbonyl (C=O) groups excluding carboxylic acids is 1. The quantitative estimate of drug-likeness (QED) is 0.295. The van der Waals surface area contributed by atoms with Gasteiger partial charge in [-0.15, -0.1) is 12.4 Å². The van der Waals surface area contributed by atoms with Crippen LogP contribution in [-0.2, 0) is 24.1 Å². The molecule has 0 spiro atoms. The SMILES string of the molecule is Cc1cccc(-c2ccc(CC(=O)C3CCNCC3)c(CCN3CCC(Cc4ccccc4)CC3)c2Cl)c1.Cl. The average molecular weight is 566 g/mol. The van der Waals surface area contributed by atoms with Crippen LogP contribution in [0.15, 0.2) is 66.7 Å². The maximum atomic E-state index is 13.2. The second-order valence-corrected chi connectivity index (χ2v) is 11.7. The van der Waals surface area contributed by atoms with Gasteiger partial charge in [0.25, 0.3) is 0 Å². The summed E-state index contributed by atoms with van der Waals surface area (Å²) < 4.78 is 0. The second-order valence-electron chi connectivity index (χ2n) is 11.3. The molecule has 0 atom stereocenters. The van der Waals surface area contributed by atoms with E-state index in [1.807, 2.05) is 0 Å². The van der Waals surface area contributed by atoms with Crippen LogP contribution in [0.2, 0.25) is 5.02 Å². The lowest BCUT2D eigenvalue weighted by atomic mass is 9.87. The van der Waals surface area contributed by atoms with Gasteiger partial charge in [0.1, 0.15) is 5.78 Å². The molecule has 0 saturated carbocycles. The third kappa shape index (κ3) is 7.95. The van der Waals surface area contributed by atoms with Crippen molar-refractivity contribution in [2.75, 3.05) is 32.7 Å². The maximum absolute atomic E-state index is 13.2. The molecule has 2 saturated heterocycles. The van der Waals surface area contributed by atoms with Crippen molar-refractivity contribution in [2.24, 2.45) is 11.8 Å². The first kappa shape index (κ1) is 29.8. The minimum absolute atomic E-state index is 0. The summed E-state index contributed by atoms with van der Waals surface area (Å²) >= 11 is 7.16. The Kier molecular flexibility index (Phi) is 11.0. The van der Waals surface area contributed by atoms with Crippen molar-refractivity contribution in [1.29, 1.82) is 0 Å². The standard InChI is InChI=1S/C34H41ClN2O.ClH/c1-25-6-5-9-29(22-25)31-11-10-30(24-33(38)28-12-17-36-18-13-28)32(34(31)35)16-21-37-19-14-27(15-20-37)23-26-7-3-2-4-8-26;/h2-11,22,27-28,36H,12-21,23-24H2,1H3;1H. The number of aryl methyl sites for hydroxylation is 1. The first-order valence-electron chi connectivity index (χ1n) is 14.4. The number of piperidine rings is 2. The molecule has 5 rings (SSSR count). The molecule has 208 valence electrons. The molecule has 2 aliphatic heterocycles. The summed E-state index contributed by atoms with van der Waals surface area (Å²) in [6.45, 7) is 7.26. The molecule has 0 amide bonds. The Morgan fingerprint density at radius 2 is 1.69 bits per heavy atom. The van der Waals surface area contributed by atoms with Gasteiger partial charge >= 0.3 is 0 Å². The van der Waals surface area contributed by atoms with E-state index < -0.39 is 0 Å². The van der Waals surface area contributed by atoms with Crippen molar-refractivity contribution in [3.63, 3.8) is 0 Å². The van der Waals surface area contributed by atoms with Crippen molar-refractivity contribution in [3.8, 4) is 11.1 Å². The van der Waals surface area contributed by atoms with E-state index in [2.05, 4.69) is 83.9 Å². The summed E-state index contributed by atoms with van der Waals surface area (Å²) in [4.78, 5) is 15.8. The molecule has 2 heterocycles. The lowest BCUT2D eigenvalue weighted by molar-refractivity contribution is -0.122. The van der Waals surface area contributed by atoms with Gasteiger partial charge in [-0.3, -0.25) is 4.79 Å². The Labute approximate surface area is 245 Å². The molecule has 3 nitrogen and oxygen atoms in total. The van der Waals surface area contributed by atoms with E-state index in [4.69, 9.17) is 11.6 Å². The molecular weight excluding hydrogens is 523 g/mol. The number of nitrogens with one attached hydrogen (secondary N) is 1. The molecule has 1 N–H and O–H groups in total. The molecule has 0 aliphatic carbocycles. The summed E-state index contributed by atoms with van der Waals surface area (Å²) in [6, 6.07) is 23.7. The maximum Gasteiger partial charge on any atom is 0.140 e. The Bertz CT molecular complexity index is 1220. The lowest BCUT2D eigenvalue weighted by Crippen LogP contribution is -2.36. The van der Waals surface area contributed by atoms with Crippen LogP contribution in [0.4, 0.5) is 0 Å². The number of ketones is 1. The van der Waals surface area contributed by atoms with Gasteiger partial charge in [0.15, 0.2) is 0 Å². The number of likely N-dealkylation sites (tertiary alicyclic amines) is 1. The predicted molar refractivity (Wildman–Crippen MR) is 166 cm³/mol. The van der Waals surface area contributed by atoms with E-state index in [0.29, 0.717) is 12.2 Å². The van der Waals surface area contributed by atoms with Crippen LogP contribution >= 0.6 is 24.0 Å². The molecule has 0 bridgehead atoms. The third-order valence-corrected chi connectivity index (χ3v) is 9.01. The van der Waals surface area contributed by atoms with E-state index in [-0.39, 0.29) is 18.3 Å². The summed E-state index contributed by atoms with van der Waals surface area (Å²) in [5, 5.41) is 4.20. The molecule has 0 aromatic heterocycles. The van der Waals surface area contributed by atoms with Crippen LogP contribution in [0.5, 0.6) is 0 Å². The zero-order valence-corrected chi connectivity index (χ0v) is 24.7. The molecule has 5 heteroatoms. The van der Waals surface area contributed by atoms with Crippen molar-refractivity contribution in [2.45, 2.75) is 51.9 Å². The molecule has 2 fully saturated rings. The number of benzene rings is 3. The highest BCUT2D eigenvalue weighted by Gasteiger charge is 2.24. The molecule has 2 aliphatic rings. The molecular formula is C34H42Cl2N2O. The first-order chi connectivity index (χ1) is 18.6. The Balaban J connectivity index is 0.00000353. The zero-order chi connectivity index (χ0) is 26.3. The largest absolute Gasteiger partial charge is 0.317 e. The van der Waals surface area contributed by atoms with Crippen LogP contribution in [0.3, 0.4) is 0 Å². The minimum Gasteiger partial charge on any atom is -0.317 e. The van der Waals surface area contributed by atoms with Crippen molar-refractivity contribution < 1.29 is 4.79 Å². The highest BCUT2D eigenvalue weighted by Crippen LogP contribution is 2.35. The first-order valence-corrected chi connectivity index (χ1v) is 14.8. The van der Waals surface area contributed by atoms with E-state index >= 15 is 0 Å². The topological polar surface area (TPSA) is 32.3 Å². The number of rotatable bonds is 9. The molecule has 3 aromatic rings. The number of Topliss-reactive ketones (excluding diaryl/α,β-unsaturated/α-hetero) is 1. The van der Waals surface area contributed by atoms with Crippen molar-refractivity contribution in [3.05, 3.63) is 94.0 Å². The van der Waals surface area contributed by atoms with Crippen LogP contribution in [0.25, 0.3) is 11.1 Å². The predicted octanol–water partition coefficient (Wildman–Crippen LogP) is 7.35. The summed E-state index contributed by atoms with van der Waals surface area (Å²) in [7, 11) is 0. The lowest BCUT2D eigenvalue weighted by Gasteiger charge is -2.32. The zero-order valence-electron chi connectivity index (χ0n) is 23.1. The van der Waals surface area contributed by atoms with Crippen LogP contribution in [-0.4, -0.2) is 43.4 Å². The fraction of sp³-hybridized carbons (Fsp3) is 0.441. The van der Waals surface area contributed by atoms with E-state index in [1.54, 1.807) is 0 Å². The fourth-order valence-electron chi connectivity index (χ4n) is 6.24. The third-order valence-electron chi connectivity index (χ3n) is 8.58. The van der Waals surface area contributed by atoms with Gasteiger partial charge in [0.2, 0.25) is 0 Å². The average Bonchev–Trinajstić information content (AvgIpc) is 2.95. The highest BCUT2D eigenvalue weighted by atomic mass is 35.5. The smallest absolute Gasteiger partial charge is 0.140 e. The van der Waals surface area contributed by atoms with Crippen molar-refractivity contribution >= 4 is 29.8 Å². The van der Waals surface area contributed by atoms with Crippen molar-refractivity contribution in [1.82, 2.24) is 10.2 Å². The molecule has 0 unspecified atom stereocenters. The van der Waals surface area contributed by atoms with E-state index in [0.717, 1.165) is 79.6 Å². The van der Waals surface area contributed by atoms with E-state index in [1.165, 1.54) is 36.0 Å². The van der Waals surface area contributed by atoms with Gasteiger partial charge in [-0.05, 0) is 99.8 Å². The fourth-order valence-corrected chi connectivity index (χ4v) is 6.63. The Morgan fingerprint density at radius 1 is 0.949 bits per heavy atom. The molecule has 0 radical (unpaired) electrons. The van der Waals surface area contributed by atoms with Gasteiger partial charge in [-0.2, -0.15) is 0 Å². The van der Waals surface area contributed by atoms with Gasteiger partial charge in [0.05, 0.1) is 5.02 Å². The summed E-state index contributed by atoms with van der Waals surface area (Å²) in [5.74, 6) is 1.30. The van der Waals surface area contributed by atoms with Crippen LogP contribution < -0.4 is 5.32 Å². The monoisotopic (exact) mass is 564 g/mol. The second kappa shape index (κ2) is 14.5. The van der Waals surface area contributed by atoms with Gasteiger partial charge in [0, 0.05) is 24.4 Å². The van der Waals surface area contributed by atoms with Crippen LogP contribution in [0.1, 0.15) is 47.9 Å². The van der Waals surface area contributed by atoms with Gasteiger partial charge in [-0.1, -0.05) is 83.9 Å².